The van der Waals surface area contributed by atoms with E-state index in [9.17, 15) is 14.7 Å². The number of fused-ring (bicyclic) bond motifs is 1. The minimum Gasteiger partial charge on any atom is -0.393 e. The van der Waals surface area contributed by atoms with Gasteiger partial charge < -0.3 is 19.7 Å². The zero-order chi connectivity index (χ0) is 19.0. The van der Waals surface area contributed by atoms with E-state index in [-0.39, 0.29) is 23.8 Å². The van der Waals surface area contributed by atoms with Crippen LogP contribution in [0.3, 0.4) is 0 Å². The average molecular weight is 370 g/mol. The van der Waals surface area contributed by atoms with E-state index in [4.69, 9.17) is 4.98 Å². The zero-order valence-electron chi connectivity index (χ0n) is 15.6. The van der Waals surface area contributed by atoms with Crippen LogP contribution in [0.25, 0.3) is 5.52 Å². The van der Waals surface area contributed by atoms with Crippen molar-refractivity contribution in [2.45, 2.75) is 51.2 Å². The van der Waals surface area contributed by atoms with Gasteiger partial charge in [-0.05, 0) is 37.8 Å². The summed E-state index contributed by atoms with van der Waals surface area (Å²) in [5.41, 5.74) is 1.89. The van der Waals surface area contributed by atoms with E-state index in [1.807, 2.05) is 29.3 Å². The van der Waals surface area contributed by atoms with Crippen molar-refractivity contribution in [3.05, 3.63) is 35.9 Å². The largest absolute Gasteiger partial charge is 0.393 e. The summed E-state index contributed by atoms with van der Waals surface area (Å²) in [7, 11) is 0. The maximum atomic E-state index is 12.5. The first-order valence-electron chi connectivity index (χ1n) is 9.70. The Bertz CT molecular complexity index is 848. The molecule has 0 aromatic carbocycles. The van der Waals surface area contributed by atoms with Gasteiger partial charge in [-0.25, -0.2) is 4.98 Å². The minimum absolute atomic E-state index is 0.00747. The standard InChI is InChI=1S/C20H26N4O3/c1-13(25)21-12-17-18-4-2-3-7-24(18)19(22-17)14-5-8-23(9-6-14)20(27)15-10-16(26)11-15/h2-4,7,14-16,26H,5-6,8-12H2,1H3,(H,21,25). The third-order valence-corrected chi connectivity index (χ3v) is 5.79. The van der Waals surface area contributed by atoms with E-state index in [1.165, 1.54) is 6.92 Å². The van der Waals surface area contributed by atoms with Gasteiger partial charge in [0.1, 0.15) is 5.82 Å². The lowest BCUT2D eigenvalue weighted by molar-refractivity contribution is -0.143. The van der Waals surface area contributed by atoms with Crippen LogP contribution in [0.2, 0.25) is 0 Å². The molecule has 2 amide bonds. The predicted molar refractivity (Wildman–Crippen MR) is 100.0 cm³/mol. The molecular formula is C20H26N4O3. The van der Waals surface area contributed by atoms with Crippen LogP contribution in [0.1, 0.15) is 50.0 Å². The summed E-state index contributed by atoms with van der Waals surface area (Å²) in [6, 6.07) is 5.99. The van der Waals surface area contributed by atoms with Gasteiger partial charge in [0.25, 0.3) is 0 Å². The number of carbonyl (C=O) groups excluding carboxylic acids is 2. The lowest BCUT2D eigenvalue weighted by Gasteiger charge is -2.38. The second-order valence-corrected chi connectivity index (χ2v) is 7.70. The highest BCUT2D eigenvalue weighted by atomic mass is 16.3. The SMILES string of the molecule is CC(=O)NCc1nc(C2CCN(C(=O)C3CC(O)C3)CC2)n2ccccc12. The number of pyridine rings is 1. The summed E-state index contributed by atoms with van der Waals surface area (Å²) < 4.78 is 2.11. The molecule has 4 rings (SSSR count). The quantitative estimate of drug-likeness (QED) is 0.853. The van der Waals surface area contributed by atoms with Crippen LogP contribution >= 0.6 is 0 Å². The third-order valence-electron chi connectivity index (χ3n) is 5.79. The lowest BCUT2D eigenvalue weighted by Crippen LogP contribution is -2.46. The highest BCUT2D eigenvalue weighted by Gasteiger charge is 2.37. The number of amides is 2. The number of piperidine rings is 1. The Morgan fingerprint density at radius 3 is 2.67 bits per heavy atom. The Morgan fingerprint density at radius 1 is 1.26 bits per heavy atom. The summed E-state index contributed by atoms with van der Waals surface area (Å²) in [6.45, 7) is 3.40. The summed E-state index contributed by atoms with van der Waals surface area (Å²) in [6.07, 6.45) is 4.70. The van der Waals surface area contributed by atoms with Crippen LogP contribution < -0.4 is 5.32 Å². The Hall–Kier alpha value is -2.41. The van der Waals surface area contributed by atoms with Crippen LogP contribution in [-0.4, -0.2) is 50.4 Å². The Morgan fingerprint density at radius 2 is 2.00 bits per heavy atom. The Labute approximate surface area is 158 Å². The molecule has 0 unspecified atom stereocenters. The van der Waals surface area contributed by atoms with Crippen molar-refractivity contribution in [3.63, 3.8) is 0 Å². The normalized spacial score (nSPS) is 23.3. The predicted octanol–water partition coefficient (Wildman–Crippen LogP) is 1.45. The molecule has 1 saturated heterocycles. The number of aliphatic hydroxyl groups is 1. The first-order valence-corrected chi connectivity index (χ1v) is 9.70. The molecule has 1 saturated carbocycles. The van der Waals surface area contributed by atoms with Gasteiger partial charge in [-0.1, -0.05) is 6.07 Å². The summed E-state index contributed by atoms with van der Waals surface area (Å²) >= 11 is 0. The molecule has 2 aromatic heterocycles. The number of imidazole rings is 1. The number of nitrogens with zero attached hydrogens (tertiary/aromatic N) is 3. The molecule has 0 atom stereocenters. The number of likely N-dealkylation sites (tertiary alicyclic amines) is 1. The molecule has 144 valence electrons. The number of nitrogens with one attached hydrogen (secondary N) is 1. The van der Waals surface area contributed by atoms with Crippen molar-refractivity contribution in [1.29, 1.82) is 0 Å². The van der Waals surface area contributed by atoms with Crippen LogP contribution in [0, 0.1) is 5.92 Å². The number of aromatic nitrogens is 2. The Balaban J connectivity index is 1.47. The van der Waals surface area contributed by atoms with Crippen molar-refractivity contribution in [1.82, 2.24) is 19.6 Å². The maximum Gasteiger partial charge on any atom is 0.225 e. The minimum atomic E-state index is -0.296. The molecule has 7 nitrogen and oxygen atoms in total. The van der Waals surface area contributed by atoms with Crippen molar-refractivity contribution in [3.8, 4) is 0 Å². The van der Waals surface area contributed by atoms with Crippen LogP contribution in [0.15, 0.2) is 24.4 Å². The van der Waals surface area contributed by atoms with Gasteiger partial charge in [0, 0.05) is 38.0 Å². The van der Waals surface area contributed by atoms with E-state index in [0.29, 0.717) is 25.3 Å². The molecule has 2 aliphatic rings. The van der Waals surface area contributed by atoms with Crippen molar-refractivity contribution >= 4 is 17.3 Å². The number of aliphatic hydroxyl groups excluding tert-OH is 1. The van der Waals surface area contributed by atoms with Crippen molar-refractivity contribution < 1.29 is 14.7 Å². The summed E-state index contributed by atoms with van der Waals surface area (Å²) in [4.78, 5) is 30.5. The first kappa shape index (κ1) is 18.0. The highest BCUT2D eigenvalue weighted by molar-refractivity contribution is 5.80. The fourth-order valence-corrected chi connectivity index (χ4v) is 4.16. The van der Waals surface area contributed by atoms with E-state index < -0.39 is 0 Å². The zero-order valence-corrected chi connectivity index (χ0v) is 15.6. The van der Waals surface area contributed by atoms with E-state index in [0.717, 1.165) is 43.0 Å². The second-order valence-electron chi connectivity index (χ2n) is 7.70. The number of carbonyl (C=O) groups is 2. The van der Waals surface area contributed by atoms with Crippen LogP contribution in [0.4, 0.5) is 0 Å². The summed E-state index contributed by atoms with van der Waals surface area (Å²) in [5.74, 6) is 1.44. The number of rotatable bonds is 4. The van der Waals surface area contributed by atoms with Gasteiger partial charge in [-0.3, -0.25) is 9.59 Å². The molecular weight excluding hydrogens is 344 g/mol. The van der Waals surface area contributed by atoms with Gasteiger partial charge >= 0.3 is 0 Å². The maximum absolute atomic E-state index is 12.5. The number of hydrogen-bond donors (Lipinski definition) is 2. The molecule has 2 aromatic rings. The van der Waals surface area contributed by atoms with E-state index >= 15 is 0 Å². The molecule has 1 aliphatic carbocycles. The fraction of sp³-hybridized carbons (Fsp3) is 0.550. The van der Waals surface area contributed by atoms with Gasteiger partial charge in [0.2, 0.25) is 11.8 Å². The average Bonchev–Trinajstić information content (AvgIpc) is 3.02. The third kappa shape index (κ3) is 3.56. The smallest absolute Gasteiger partial charge is 0.225 e. The molecule has 7 heteroatoms. The Kier molecular flexibility index (Phi) is 4.86. The molecule has 2 N–H and O–H groups in total. The molecule has 0 spiro atoms. The molecule has 0 bridgehead atoms. The molecule has 0 radical (unpaired) electrons. The topological polar surface area (TPSA) is 86.9 Å². The lowest BCUT2D eigenvalue weighted by atomic mass is 9.81. The molecule has 1 aliphatic heterocycles. The van der Waals surface area contributed by atoms with Gasteiger partial charge in [0.15, 0.2) is 0 Å². The fourth-order valence-electron chi connectivity index (χ4n) is 4.16. The van der Waals surface area contributed by atoms with Gasteiger partial charge in [-0.2, -0.15) is 0 Å². The van der Waals surface area contributed by atoms with Gasteiger partial charge in [-0.15, -0.1) is 0 Å². The van der Waals surface area contributed by atoms with Crippen molar-refractivity contribution in [2.75, 3.05) is 13.1 Å². The monoisotopic (exact) mass is 370 g/mol. The van der Waals surface area contributed by atoms with Crippen LogP contribution in [-0.2, 0) is 16.1 Å². The number of hydrogen-bond acceptors (Lipinski definition) is 4. The van der Waals surface area contributed by atoms with Gasteiger partial charge in [0.05, 0.1) is 23.9 Å². The first-order chi connectivity index (χ1) is 13.0. The van der Waals surface area contributed by atoms with E-state index in [2.05, 4.69) is 9.72 Å². The second kappa shape index (κ2) is 7.31. The molecule has 2 fully saturated rings. The van der Waals surface area contributed by atoms with Crippen LogP contribution in [0.5, 0.6) is 0 Å². The van der Waals surface area contributed by atoms with E-state index in [1.54, 1.807) is 0 Å². The molecule has 27 heavy (non-hydrogen) atoms. The summed E-state index contributed by atoms with van der Waals surface area (Å²) in [5, 5.41) is 12.3. The van der Waals surface area contributed by atoms with Crippen molar-refractivity contribution in [2.24, 2.45) is 5.92 Å². The molecule has 3 heterocycles. The highest BCUT2D eigenvalue weighted by Crippen LogP contribution is 2.33.